The highest BCUT2D eigenvalue weighted by atomic mass is 32.2. The van der Waals surface area contributed by atoms with Gasteiger partial charge in [-0.25, -0.2) is 0 Å². The summed E-state index contributed by atoms with van der Waals surface area (Å²) in [6, 6.07) is 18.6. The summed E-state index contributed by atoms with van der Waals surface area (Å²) < 4.78 is 35.7. The molecule has 1 heterocycles. The number of hydrogen-bond acceptors (Lipinski definition) is 5. The van der Waals surface area contributed by atoms with Gasteiger partial charge in [0.1, 0.15) is 5.75 Å². The molecule has 1 saturated carbocycles. The highest BCUT2D eigenvalue weighted by Gasteiger charge is 2.38. The number of aryl methyl sites for hydroxylation is 1. The molecule has 1 fully saturated rings. The van der Waals surface area contributed by atoms with Crippen molar-refractivity contribution >= 4 is 21.9 Å². The molecule has 186 valence electrons. The number of carbonyl (C=O) groups excluding carboxylic acids is 1. The predicted molar refractivity (Wildman–Crippen MR) is 135 cm³/mol. The number of benzene rings is 2. The number of ether oxygens (including phenoxy) is 1. The van der Waals surface area contributed by atoms with Crippen molar-refractivity contribution in [3.8, 4) is 5.75 Å². The molecule has 0 aliphatic heterocycles. The molecule has 4 N–H and O–H groups in total. The van der Waals surface area contributed by atoms with E-state index in [4.69, 9.17) is 4.74 Å². The average molecular weight is 498 g/mol. The van der Waals surface area contributed by atoms with Gasteiger partial charge in [-0.05, 0) is 50.3 Å². The lowest BCUT2D eigenvalue weighted by Gasteiger charge is -2.41. The summed E-state index contributed by atoms with van der Waals surface area (Å²) in [7, 11) is -2.21. The monoisotopic (exact) mass is 497 g/mol. The van der Waals surface area contributed by atoms with E-state index in [1.807, 2.05) is 24.3 Å². The minimum absolute atomic E-state index is 0.195. The molecule has 1 amide bonds. The first-order chi connectivity index (χ1) is 16.8. The second-order valence-corrected chi connectivity index (χ2v) is 10.4. The topological polar surface area (TPSA) is 125 Å². The van der Waals surface area contributed by atoms with Crippen LogP contribution in [0.1, 0.15) is 47.3 Å². The molecule has 0 spiro atoms. The van der Waals surface area contributed by atoms with Gasteiger partial charge in [-0.15, -0.1) is 0 Å². The zero-order valence-corrected chi connectivity index (χ0v) is 20.7. The van der Waals surface area contributed by atoms with Gasteiger partial charge >= 0.3 is 10.2 Å². The van der Waals surface area contributed by atoms with E-state index in [2.05, 4.69) is 37.1 Å². The minimum Gasteiger partial charge on any atom is -0.496 e. The van der Waals surface area contributed by atoms with Gasteiger partial charge in [0.2, 0.25) is 0 Å². The number of methoxy groups -OCH3 is 1. The first-order valence-electron chi connectivity index (χ1n) is 11.6. The second kappa shape index (κ2) is 10.5. The molecular formula is C25H31N5O4S. The van der Waals surface area contributed by atoms with Crippen LogP contribution in [0.15, 0.2) is 60.7 Å². The molecule has 0 saturated heterocycles. The van der Waals surface area contributed by atoms with E-state index in [-0.39, 0.29) is 23.2 Å². The van der Waals surface area contributed by atoms with Gasteiger partial charge in [-0.1, -0.05) is 42.5 Å². The quantitative estimate of drug-likeness (QED) is 0.361. The van der Waals surface area contributed by atoms with E-state index in [9.17, 15) is 13.2 Å². The first-order valence-corrected chi connectivity index (χ1v) is 13.1. The maximum atomic E-state index is 13.0. The van der Waals surface area contributed by atoms with Crippen LogP contribution >= 0.6 is 0 Å². The molecule has 35 heavy (non-hydrogen) atoms. The number of nitrogens with zero attached hydrogens (tertiary/aromatic N) is 1. The number of nitrogens with one attached hydrogen (secondary N) is 4. The predicted octanol–water partition coefficient (Wildman–Crippen LogP) is 3.28. The van der Waals surface area contributed by atoms with E-state index < -0.39 is 10.2 Å². The van der Waals surface area contributed by atoms with Crippen LogP contribution in [-0.4, -0.2) is 44.2 Å². The Bertz CT molecular complexity index is 1250. The van der Waals surface area contributed by atoms with Gasteiger partial charge < -0.3 is 10.1 Å². The minimum atomic E-state index is -3.76. The van der Waals surface area contributed by atoms with Crippen molar-refractivity contribution in [3.63, 3.8) is 0 Å². The molecule has 0 unspecified atom stereocenters. The van der Waals surface area contributed by atoms with Crippen molar-refractivity contribution in [1.82, 2.24) is 20.2 Å². The lowest BCUT2D eigenvalue weighted by Crippen LogP contribution is -2.48. The third-order valence-electron chi connectivity index (χ3n) is 6.53. The normalized spacial score (nSPS) is 20.2. The molecule has 2 aromatic carbocycles. The Kier molecular flexibility index (Phi) is 7.42. The van der Waals surface area contributed by atoms with Crippen LogP contribution in [0.3, 0.4) is 0 Å². The Morgan fingerprint density at radius 1 is 1.11 bits per heavy atom. The summed E-state index contributed by atoms with van der Waals surface area (Å²) in [5.74, 6) is 0.582. The summed E-state index contributed by atoms with van der Waals surface area (Å²) in [4.78, 5) is 13.0. The molecule has 1 aliphatic carbocycles. The number of rotatable bonds is 9. The largest absolute Gasteiger partial charge is 0.496 e. The Balaban J connectivity index is 1.44. The molecule has 1 aliphatic rings. The highest BCUT2D eigenvalue weighted by molar-refractivity contribution is 7.90. The van der Waals surface area contributed by atoms with Crippen molar-refractivity contribution in [2.45, 2.75) is 44.1 Å². The zero-order valence-electron chi connectivity index (χ0n) is 19.9. The van der Waals surface area contributed by atoms with Gasteiger partial charge in [-0.2, -0.15) is 18.2 Å². The number of anilines is 1. The lowest BCUT2D eigenvalue weighted by molar-refractivity contribution is 0.0932. The number of hydrogen-bond donors (Lipinski definition) is 4. The number of aromatic nitrogens is 2. The Morgan fingerprint density at radius 3 is 2.46 bits per heavy atom. The van der Waals surface area contributed by atoms with Crippen molar-refractivity contribution in [3.05, 3.63) is 77.5 Å². The van der Waals surface area contributed by atoms with Gasteiger partial charge in [0.15, 0.2) is 5.82 Å². The smallest absolute Gasteiger partial charge is 0.300 e. The Morgan fingerprint density at radius 2 is 1.80 bits per heavy atom. The van der Waals surface area contributed by atoms with Crippen molar-refractivity contribution < 1.29 is 17.9 Å². The third-order valence-corrected chi connectivity index (χ3v) is 7.66. The third kappa shape index (κ3) is 6.01. The number of H-pyrrole nitrogens is 1. The van der Waals surface area contributed by atoms with Crippen LogP contribution in [0.25, 0.3) is 0 Å². The summed E-state index contributed by atoms with van der Waals surface area (Å²) in [5.41, 5.74) is 2.09. The van der Waals surface area contributed by atoms with Crippen molar-refractivity contribution in [2.24, 2.45) is 0 Å². The molecule has 9 nitrogen and oxygen atoms in total. The summed E-state index contributed by atoms with van der Waals surface area (Å²) in [6.07, 6.45) is 2.72. The Labute approximate surface area is 205 Å². The van der Waals surface area contributed by atoms with E-state index in [0.717, 1.165) is 24.1 Å². The number of para-hydroxylation sites is 1. The zero-order chi connectivity index (χ0) is 24.9. The average Bonchev–Trinajstić information content (AvgIpc) is 3.27. The molecule has 4 rings (SSSR count). The van der Waals surface area contributed by atoms with Gasteiger partial charge in [0.25, 0.3) is 5.91 Å². The highest BCUT2D eigenvalue weighted by Crippen LogP contribution is 2.39. The van der Waals surface area contributed by atoms with Crippen LogP contribution in [0, 0.1) is 6.92 Å². The van der Waals surface area contributed by atoms with Gasteiger partial charge in [0.05, 0.1) is 12.7 Å². The first kappa shape index (κ1) is 24.7. The fourth-order valence-electron chi connectivity index (χ4n) is 4.68. The molecule has 0 atom stereocenters. The lowest BCUT2D eigenvalue weighted by atomic mass is 9.68. The van der Waals surface area contributed by atoms with E-state index in [0.29, 0.717) is 30.7 Å². The maximum absolute atomic E-state index is 13.0. The number of aromatic amines is 1. The molecule has 1 aromatic heterocycles. The van der Waals surface area contributed by atoms with Crippen LogP contribution in [-0.2, 0) is 15.6 Å². The molecular weight excluding hydrogens is 466 g/mol. The SMILES string of the molecule is COc1ccccc1C(=O)NCC1(c2ccccc2)CCC(NS(=O)(=O)Nc2cc(C)[nH]n2)CC1. The number of amides is 1. The van der Waals surface area contributed by atoms with Crippen molar-refractivity contribution in [2.75, 3.05) is 18.4 Å². The van der Waals surface area contributed by atoms with E-state index in [1.54, 1.807) is 38.3 Å². The van der Waals surface area contributed by atoms with Crippen molar-refractivity contribution in [1.29, 1.82) is 0 Å². The van der Waals surface area contributed by atoms with Crippen LogP contribution in [0.5, 0.6) is 5.75 Å². The van der Waals surface area contributed by atoms with Crippen LogP contribution < -0.4 is 19.5 Å². The number of carbonyl (C=O) groups is 1. The second-order valence-electron chi connectivity index (χ2n) is 8.96. The molecule has 0 bridgehead atoms. The van der Waals surface area contributed by atoms with Crippen LogP contribution in [0.4, 0.5) is 5.82 Å². The fourth-order valence-corrected chi connectivity index (χ4v) is 5.79. The van der Waals surface area contributed by atoms with Gasteiger partial charge in [0, 0.05) is 29.8 Å². The van der Waals surface area contributed by atoms with E-state index in [1.165, 1.54) is 0 Å². The molecule has 10 heteroatoms. The summed E-state index contributed by atoms with van der Waals surface area (Å²) in [5, 5.41) is 9.75. The summed E-state index contributed by atoms with van der Waals surface area (Å²) in [6.45, 7) is 2.24. The van der Waals surface area contributed by atoms with E-state index >= 15 is 0 Å². The van der Waals surface area contributed by atoms with Crippen LogP contribution in [0.2, 0.25) is 0 Å². The fraction of sp³-hybridized carbons (Fsp3) is 0.360. The van der Waals surface area contributed by atoms with Gasteiger partial charge in [-0.3, -0.25) is 14.6 Å². The Hall–Kier alpha value is -3.37. The molecule has 3 aromatic rings. The molecule has 0 radical (unpaired) electrons. The standard InChI is InChI=1S/C25H31N5O4S/c1-18-16-23(28-27-18)30-35(32,33)29-20-12-14-25(15-13-20,19-8-4-3-5-9-19)17-26-24(31)21-10-6-7-11-22(21)34-2/h3-11,16,20,29H,12-15,17H2,1-2H3,(H,26,31)(H2,27,28,30). The summed E-state index contributed by atoms with van der Waals surface area (Å²) >= 11 is 0. The maximum Gasteiger partial charge on any atom is 0.300 e.